The number of hydrogen-bond donors (Lipinski definition) is 1. The molecule has 2 aromatic carbocycles. The number of anilines is 1. The normalized spacial score (nSPS) is 11.6. The van der Waals surface area contributed by atoms with Gasteiger partial charge in [0.05, 0.1) is 14.2 Å². The van der Waals surface area contributed by atoms with E-state index in [1.165, 1.54) is 38.6 Å². The molecule has 3 heterocycles. The van der Waals surface area contributed by atoms with Crippen LogP contribution >= 0.6 is 0 Å². The smallest absolute Gasteiger partial charge is 0.387 e. The van der Waals surface area contributed by atoms with Gasteiger partial charge in [0.2, 0.25) is 5.88 Å². The number of rotatable bonds is 7. The van der Waals surface area contributed by atoms with Crippen LogP contribution in [0.15, 0.2) is 82.5 Å². The zero-order valence-corrected chi connectivity index (χ0v) is 21.2. The Kier molecular flexibility index (Phi) is 6.63. The highest BCUT2D eigenvalue weighted by Gasteiger charge is 2.38. The maximum Gasteiger partial charge on any atom is 0.387 e. The van der Waals surface area contributed by atoms with E-state index in [-0.39, 0.29) is 33.3 Å². The van der Waals surface area contributed by atoms with Gasteiger partial charge < -0.3 is 14.0 Å². The molecule has 0 unspecified atom stereocenters. The van der Waals surface area contributed by atoms with Crippen molar-refractivity contribution in [2.75, 3.05) is 18.9 Å². The summed E-state index contributed by atoms with van der Waals surface area (Å²) < 4.78 is 75.1. The lowest BCUT2D eigenvalue weighted by molar-refractivity contribution is -0.0526. The predicted molar refractivity (Wildman–Crippen MR) is 136 cm³/mol. The van der Waals surface area contributed by atoms with Crippen molar-refractivity contribution in [3.05, 3.63) is 89.9 Å². The molecule has 0 bridgehead atoms. The van der Waals surface area contributed by atoms with Gasteiger partial charge in [-0.05, 0) is 36.4 Å². The van der Waals surface area contributed by atoms with Crippen LogP contribution < -0.4 is 14.2 Å². The first-order chi connectivity index (χ1) is 18.7. The second kappa shape index (κ2) is 10.1. The summed E-state index contributed by atoms with van der Waals surface area (Å²) in [5.41, 5.74) is 0.236. The molecule has 10 nitrogen and oxygen atoms in total. The maximum absolute atomic E-state index is 14.9. The minimum absolute atomic E-state index is 0.0480. The molecule has 0 atom stereocenters. The van der Waals surface area contributed by atoms with Gasteiger partial charge in [-0.25, -0.2) is 18.1 Å². The highest BCUT2D eigenvalue weighted by Crippen LogP contribution is 2.37. The van der Waals surface area contributed by atoms with Crippen LogP contribution in [0.3, 0.4) is 0 Å². The van der Waals surface area contributed by atoms with E-state index in [0.29, 0.717) is 10.2 Å². The number of fused-ring (bicyclic) bond motifs is 1. The molecular weight excluding hydrogens is 532 g/mol. The summed E-state index contributed by atoms with van der Waals surface area (Å²) in [7, 11) is -1.81. The zero-order chi connectivity index (χ0) is 27.6. The number of halogens is 2. The highest BCUT2D eigenvalue weighted by molar-refractivity contribution is 7.92. The largest absolute Gasteiger partial charge is 0.495 e. The standard InChI is InChI=1S/C26H19F2N5O5S/c1-36-19-12-11-18(10-9-17-7-4-3-5-8-17)15-21(19)39(34,35)32-24-23-20(38-31-24)16-22(30-25(23)37-2)26(27,28)33-14-6-13-29-33/h3-8,11-16H,1-2H3,(H,31,32). The van der Waals surface area contributed by atoms with Crippen molar-refractivity contribution in [1.82, 2.24) is 19.9 Å². The summed E-state index contributed by atoms with van der Waals surface area (Å²) in [5.74, 6) is 5.29. The first kappa shape index (κ1) is 25.7. The molecule has 39 heavy (non-hydrogen) atoms. The van der Waals surface area contributed by atoms with E-state index in [4.69, 9.17) is 14.0 Å². The van der Waals surface area contributed by atoms with Crippen LogP contribution in [0.2, 0.25) is 0 Å². The fraction of sp³-hybridized carbons (Fsp3) is 0.115. The number of sulfonamides is 1. The predicted octanol–water partition coefficient (Wildman–Crippen LogP) is 4.23. The molecule has 0 saturated carbocycles. The first-order valence-corrected chi connectivity index (χ1v) is 12.7. The SMILES string of the molecule is COc1ccc(C#Cc2ccccc2)cc1S(=O)(=O)Nc1noc2cc(C(F)(F)n3cccn3)nc(OC)c12. The highest BCUT2D eigenvalue weighted by atomic mass is 32.2. The zero-order valence-electron chi connectivity index (χ0n) is 20.4. The molecule has 0 fully saturated rings. The van der Waals surface area contributed by atoms with Crippen molar-refractivity contribution >= 4 is 26.8 Å². The fourth-order valence-corrected chi connectivity index (χ4v) is 4.87. The van der Waals surface area contributed by atoms with Crippen molar-refractivity contribution in [3.63, 3.8) is 0 Å². The van der Waals surface area contributed by atoms with Gasteiger partial charge in [-0.1, -0.05) is 35.2 Å². The van der Waals surface area contributed by atoms with Gasteiger partial charge in [0, 0.05) is 29.6 Å². The first-order valence-electron chi connectivity index (χ1n) is 11.2. The number of pyridine rings is 1. The van der Waals surface area contributed by atoms with Crippen molar-refractivity contribution < 1.29 is 31.2 Å². The summed E-state index contributed by atoms with van der Waals surface area (Å²) in [6, 6.07) is 12.2. The van der Waals surface area contributed by atoms with Gasteiger partial charge in [-0.2, -0.15) is 13.9 Å². The maximum atomic E-state index is 14.9. The fourth-order valence-electron chi connectivity index (χ4n) is 3.67. The number of alkyl halides is 2. The van der Waals surface area contributed by atoms with E-state index in [9.17, 15) is 17.2 Å². The minimum Gasteiger partial charge on any atom is -0.495 e. The Hall–Kier alpha value is -4.96. The topological polar surface area (TPSA) is 121 Å². The molecule has 5 aromatic rings. The number of ether oxygens (including phenoxy) is 2. The molecule has 0 aliphatic rings. The van der Waals surface area contributed by atoms with Crippen LogP contribution in [0.1, 0.15) is 16.8 Å². The number of nitrogens with zero attached hydrogens (tertiary/aromatic N) is 4. The van der Waals surface area contributed by atoms with Crippen molar-refractivity contribution in [3.8, 4) is 23.5 Å². The number of methoxy groups -OCH3 is 2. The lowest BCUT2D eigenvalue weighted by Crippen LogP contribution is -2.26. The molecule has 0 radical (unpaired) electrons. The number of nitrogens with one attached hydrogen (secondary N) is 1. The van der Waals surface area contributed by atoms with Gasteiger partial charge in [-0.15, -0.1) is 0 Å². The summed E-state index contributed by atoms with van der Waals surface area (Å²) in [4.78, 5) is 3.65. The molecule has 0 amide bonds. The molecule has 0 aliphatic carbocycles. The minimum atomic E-state index is -4.33. The molecule has 5 rings (SSSR count). The molecule has 13 heteroatoms. The van der Waals surface area contributed by atoms with Gasteiger partial charge in [0.25, 0.3) is 10.0 Å². The average Bonchev–Trinajstić information content (AvgIpc) is 3.63. The second-order valence-electron chi connectivity index (χ2n) is 8.00. The average molecular weight is 552 g/mol. The lowest BCUT2D eigenvalue weighted by atomic mass is 10.2. The Morgan fingerprint density at radius 1 is 1.00 bits per heavy atom. The molecule has 198 valence electrons. The van der Waals surface area contributed by atoms with E-state index < -0.39 is 21.8 Å². The monoisotopic (exact) mass is 551 g/mol. The number of benzene rings is 2. The molecule has 0 spiro atoms. The van der Waals surface area contributed by atoms with Gasteiger partial charge in [0.1, 0.15) is 21.7 Å². The molecule has 0 saturated heterocycles. The van der Waals surface area contributed by atoms with Crippen LogP contribution in [-0.4, -0.2) is 42.6 Å². The lowest BCUT2D eigenvalue weighted by Gasteiger charge is -2.16. The van der Waals surface area contributed by atoms with Crippen LogP contribution in [0, 0.1) is 11.8 Å². The van der Waals surface area contributed by atoms with Crippen LogP contribution in [0.4, 0.5) is 14.6 Å². The summed E-state index contributed by atoms with van der Waals surface area (Å²) in [6.07, 6.45) is 2.27. The van der Waals surface area contributed by atoms with Crippen LogP contribution in [0.25, 0.3) is 11.0 Å². The summed E-state index contributed by atoms with van der Waals surface area (Å²) >= 11 is 0. The van der Waals surface area contributed by atoms with Crippen molar-refractivity contribution in [2.45, 2.75) is 10.9 Å². The Labute approximate surface area is 221 Å². The Balaban J connectivity index is 1.52. The van der Waals surface area contributed by atoms with E-state index in [1.54, 1.807) is 6.07 Å². The third kappa shape index (κ3) is 4.97. The van der Waals surface area contributed by atoms with E-state index in [0.717, 1.165) is 17.8 Å². The van der Waals surface area contributed by atoms with Gasteiger partial charge >= 0.3 is 6.05 Å². The molecule has 3 aromatic heterocycles. The van der Waals surface area contributed by atoms with E-state index in [1.807, 2.05) is 30.3 Å². The van der Waals surface area contributed by atoms with Gasteiger partial charge in [0.15, 0.2) is 11.4 Å². The van der Waals surface area contributed by atoms with Gasteiger partial charge in [-0.3, -0.25) is 4.72 Å². The quantitative estimate of drug-likeness (QED) is 0.298. The summed E-state index contributed by atoms with van der Waals surface area (Å²) in [5, 5.41) is 7.24. The third-order valence-corrected chi connectivity index (χ3v) is 6.89. The van der Waals surface area contributed by atoms with Crippen molar-refractivity contribution in [1.29, 1.82) is 0 Å². The Morgan fingerprint density at radius 3 is 2.46 bits per heavy atom. The number of hydrogen-bond acceptors (Lipinski definition) is 8. The molecular formula is C26H19F2N5O5S. The van der Waals surface area contributed by atoms with E-state index >= 15 is 0 Å². The number of aromatic nitrogens is 4. The summed E-state index contributed by atoms with van der Waals surface area (Å²) in [6.45, 7) is 0. The Morgan fingerprint density at radius 2 is 1.77 bits per heavy atom. The molecule has 1 N–H and O–H groups in total. The Bertz CT molecular complexity index is 1810. The third-order valence-electron chi connectivity index (χ3n) is 5.52. The van der Waals surface area contributed by atoms with Crippen LogP contribution in [0.5, 0.6) is 11.6 Å². The second-order valence-corrected chi connectivity index (χ2v) is 9.65. The van der Waals surface area contributed by atoms with Crippen LogP contribution in [-0.2, 0) is 16.1 Å². The van der Waals surface area contributed by atoms with Crippen molar-refractivity contribution in [2.24, 2.45) is 0 Å². The van der Waals surface area contributed by atoms with E-state index in [2.05, 4.69) is 31.8 Å². The molecule has 0 aliphatic heterocycles.